The normalized spacial score (nSPS) is 21.3. The van der Waals surface area contributed by atoms with Crippen LogP contribution >= 0.6 is 11.6 Å². The summed E-state index contributed by atoms with van der Waals surface area (Å²) < 4.78 is 0. The maximum absolute atomic E-state index is 12.8. The van der Waals surface area contributed by atoms with Crippen molar-refractivity contribution in [2.24, 2.45) is 0 Å². The van der Waals surface area contributed by atoms with Crippen molar-refractivity contribution < 1.29 is 4.79 Å². The van der Waals surface area contributed by atoms with E-state index in [0.717, 1.165) is 11.4 Å². The third-order valence-electron chi connectivity index (χ3n) is 3.53. The number of amides is 1. The number of carbonyl (C=O) groups is 1. The summed E-state index contributed by atoms with van der Waals surface area (Å²) >= 11 is 6.14. The molecule has 1 amide bonds. The minimum atomic E-state index is -0.644. The zero-order valence-electron chi connectivity index (χ0n) is 11.1. The molecule has 3 nitrogen and oxygen atoms in total. The summed E-state index contributed by atoms with van der Waals surface area (Å²) in [5.74, 6) is 0.260. The van der Waals surface area contributed by atoms with Crippen molar-refractivity contribution in [3.8, 4) is 0 Å². The highest BCUT2D eigenvalue weighted by molar-refractivity contribution is 6.21. The zero-order chi connectivity index (χ0) is 14.2. The van der Waals surface area contributed by atoms with Crippen LogP contribution in [0.5, 0.6) is 0 Å². The first-order chi connectivity index (χ1) is 9.65. The Balaban J connectivity index is 2.15. The number of hydrogen-bond acceptors (Lipinski definition) is 2. The van der Waals surface area contributed by atoms with Gasteiger partial charge in [0.25, 0.3) is 5.91 Å². The van der Waals surface area contributed by atoms with Gasteiger partial charge < -0.3 is 5.32 Å². The van der Waals surface area contributed by atoms with E-state index in [0.29, 0.717) is 11.4 Å². The average molecular weight is 287 g/mol. The SMILES string of the molecule is CC1(CCl)Nc2ccccc2C(=O)N1c1ccccc1. The lowest BCUT2D eigenvalue weighted by Gasteiger charge is -2.45. The van der Waals surface area contributed by atoms with Crippen LogP contribution in [0.4, 0.5) is 11.4 Å². The number of hydrogen-bond donors (Lipinski definition) is 1. The quantitative estimate of drug-likeness (QED) is 0.854. The molecular formula is C16H15ClN2O. The van der Waals surface area contributed by atoms with Crippen molar-refractivity contribution >= 4 is 28.9 Å². The molecule has 102 valence electrons. The Labute approximate surface area is 123 Å². The fourth-order valence-corrected chi connectivity index (χ4v) is 2.73. The molecule has 3 rings (SSSR count). The molecule has 0 saturated carbocycles. The lowest BCUT2D eigenvalue weighted by atomic mass is 10.0. The van der Waals surface area contributed by atoms with E-state index >= 15 is 0 Å². The predicted octanol–water partition coefficient (Wildman–Crippen LogP) is 3.71. The molecule has 4 heteroatoms. The molecule has 0 fully saturated rings. The van der Waals surface area contributed by atoms with Crippen LogP contribution < -0.4 is 10.2 Å². The Morgan fingerprint density at radius 2 is 1.75 bits per heavy atom. The number of benzene rings is 2. The highest BCUT2D eigenvalue weighted by Gasteiger charge is 2.41. The molecular weight excluding hydrogens is 272 g/mol. The van der Waals surface area contributed by atoms with Crippen molar-refractivity contribution in [2.45, 2.75) is 12.6 Å². The van der Waals surface area contributed by atoms with Crippen molar-refractivity contribution in [1.82, 2.24) is 0 Å². The van der Waals surface area contributed by atoms with Crippen LogP contribution in [0, 0.1) is 0 Å². The molecule has 0 aromatic heterocycles. The first-order valence-corrected chi connectivity index (χ1v) is 7.02. The van der Waals surface area contributed by atoms with E-state index in [1.165, 1.54) is 0 Å². The van der Waals surface area contributed by atoms with Gasteiger partial charge in [-0.05, 0) is 31.2 Å². The number of para-hydroxylation sites is 2. The maximum atomic E-state index is 12.8. The van der Waals surface area contributed by atoms with E-state index in [1.54, 1.807) is 4.90 Å². The van der Waals surface area contributed by atoms with Crippen LogP contribution in [0.25, 0.3) is 0 Å². The molecule has 0 radical (unpaired) electrons. The fraction of sp³-hybridized carbons (Fsp3) is 0.188. The number of alkyl halides is 1. The lowest BCUT2D eigenvalue weighted by molar-refractivity contribution is 0.0962. The van der Waals surface area contributed by atoms with Gasteiger partial charge in [-0.3, -0.25) is 9.69 Å². The second-order valence-corrected chi connectivity index (χ2v) is 5.32. The Bertz CT molecular complexity index is 644. The van der Waals surface area contributed by atoms with Gasteiger partial charge in [-0.1, -0.05) is 30.3 Å². The monoisotopic (exact) mass is 286 g/mol. The Morgan fingerprint density at radius 3 is 2.45 bits per heavy atom. The molecule has 0 bridgehead atoms. The molecule has 1 N–H and O–H groups in total. The summed E-state index contributed by atoms with van der Waals surface area (Å²) in [6.07, 6.45) is 0. The minimum absolute atomic E-state index is 0.0336. The molecule has 1 unspecified atom stereocenters. The molecule has 1 aliphatic rings. The molecule has 0 saturated heterocycles. The Hall–Kier alpha value is -2.00. The summed E-state index contributed by atoms with van der Waals surface area (Å²) in [6.45, 7) is 1.93. The molecule has 1 atom stereocenters. The summed E-state index contributed by atoms with van der Waals surface area (Å²) in [4.78, 5) is 14.5. The van der Waals surface area contributed by atoms with Gasteiger partial charge in [0.15, 0.2) is 0 Å². The number of carbonyl (C=O) groups excluding carboxylic acids is 1. The van der Waals surface area contributed by atoms with Gasteiger partial charge >= 0.3 is 0 Å². The average Bonchev–Trinajstić information content (AvgIpc) is 2.48. The van der Waals surface area contributed by atoms with Crippen LogP contribution in [-0.4, -0.2) is 17.5 Å². The van der Waals surface area contributed by atoms with Gasteiger partial charge in [0.1, 0.15) is 5.66 Å². The van der Waals surface area contributed by atoms with E-state index in [2.05, 4.69) is 5.32 Å². The van der Waals surface area contributed by atoms with E-state index in [1.807, 2.05) is 61.5 Å². The number of rotatable bonds is 2. The van der Waals surface area contributed by atoms with Gasteiger partial charge in [0.2, 0.25) is 0 Å². The van der Waals surface area contributed by atoms with Gasteiger partial charge in [0, 0.05) is 11.4 Å². The molecule has 1 heterocycles. The number of halogens is 1. The largest absolute Gasteiger partial charge is 0.361 e. The minimum Gasteiger partial charge on any atom is -0.361 e. The number of nitrogens with one attached hydrogen (secondary N) is 1. The Morgan fingerprint density at radius 1 is 1.10 bits per heavy atom. The van der Waals surface area contributed by atoms with Gasteiger partial charge in [-0.2, -0.15) is 0 Å². The highest BCUT2D eigenvalue weighted by atomic mass is 35.5. The van der Waals surface area contributed by atoms with Crippen LogP contribution in [0.1, 0.15) is 17.3 Å². The first kappa shape index (κ1) is 13.0. The summed E-state index contributed by atoms with van der Waals surface area (Å²) in [7, 11) is 0. The van der Waals surface area contributed by atoms with E-state index in [9.17, 15) is 4.79 Å². The third-order valence-corrected chi connectivity index (χ3v) is 4.05. The van der Waals surface area contributed by atoms with Crippen LogP contribution in [0.2, 0.25) is 0 Å². The van der Waals surface area contributed by atoms with Crippen molar-refractivity contribution in [1.29, 1.82) is 0 Å². The number of fused-ring (bicyclic) bond motifs is 1. The summed E-state index contributed by atoms with van der Waals surface area (Å²) in [6, 6.07) is 17.1. The van der Waals surface area contributed by atoms with Crippen molar-refractivity contribution in [3.05, 3.63) is 60.2 Å². The molecule has 2 aromatic carbocycles. The smallest absolute Gasteiger partial charge is 0.262 e. The highest BCUT2D eigenvalue weighted by Crippen LogP contribution is 2.35. The van der Waals surface area contributed by atoms with Gasteiger partial charge in [0.05, 0.1) is 11.4 Å². The molecule has 1 aliphatic heterocycles. The van der Waals surface area contributed by atoms with Crippen LogP contribution in [0.3, 0.4) is 0 Å². The molecule has 20 heavy (non-hydrogen) atoms. The molecule has 2 aromatic rings. The number of anilines is 2. The topological polar surface area (TPSA) is 32.3 Å². The van der Waals surface area contributed by atoms with E-state index < -0.39 is 5.66 Å². The van der Waals surface area contributed by atoms with Gasteiger partial charge in [-0.15, -0.1) is 11.6 Å². The Kier molecular flexibility index (Phi) is 3.14. The fourth-order valence-electron chi connectivity index (χ4n) is 2.54. The van der Waals surface area contributed by atoms with Crippen LogP contribution in [0.15, 0.2) is 54.6 Å². The maximum Gasteiger partial charge on any atom is 0.262 e. The summed E-state index contributed by atoms with van der Waals surface area (Å²) in [5, 5.41) is 3.38. The standard InChI is InChI=1S/C16H15ClN2O/c1-16(11-17)18-14-10-6-5-9-13(14)15(20)19(16)12-7-3-2-4-8-12/h2-10,18H,11H2,1H3. The van der Waals surface area contributed by atoms with E-state index in [4.69, 9.17) is 11.6 Å². The predicted molar refractivity (Wildman–Crippen MR) is 82.4 cm³/mol. The number of nitrogens with zero attached hydrogens (tertiary/aromatic N) is 1. The zero-order valence-corrected chi connectivity index (χ0v) is 11.9. The lowest BCUT2D eigenvalue weighted by Crippen LogP contribution is -2.60. The van der Waals surface area contributed by atoms with Crippen molar-refractivity contribution in [3.63, 3.8) is 0 Å². The third kappa shape index (κ3) is 1.95. The van der Waals surface area contributed by atoms with Crippen LogP contribution in [-0.2, 0) is 0 Å². The second-order valence-electron chi connectivity index (χ2n) is 5.05. The van der Waals surface area contributed by atoms with Crippen molar-refractivity contribution in [2.75, 3.05) is 16.1 Å². The molecule has 0 aliphatic carbocycles. The second kappa shape index (κ2) is 4.84. The van der Waals surface area contributed by atoms with Gasteiger partial charge in [-0.25, -0.2) is 0 Å². The first-order valence-electron chi connectivity index (χ1n) is 6.48. The molecule has 0 spiro atoms. The summed E-state index contributed by atoms with van der Waals surface area (Å²) in [5.41, 5.74) is 1.68. The van der Waals surface area contributed by atoms with E-state index in [-0.39, 0.29) is 5.91 Å².